The van der Waals surface area contributed by atoms with E-state index in [9.17, 15) is 49.8 Å². The minimum Gasteiger partial charge on any atom is -0.387 e. The van der Waals surface area contributed by atoms with Crippen molar-refractivity contribution in [1.82, 2.24) is 0 Å². The third-order valence-corrected chi connectivity index (χ3v) is 17.6. The molecule has 474 valence electrons. The highest BCUT2D eigenvalue weighted by molar-refractivity contribution is 5.99. The molecule has 0 radical (unpaired) electrons. The van der Waals surface area contributed by atoms with Crippen molar-refractivity contribution in [3.63, 3.8) is 0 Å². The van der Waals surface area contributed by atoms with E-state index in [-0.39, 0.29) is 38.5 Å². The van der Waals surface area contributed by atoms with Gasteiger partial charge in [0.2, 0.25) is 0 Å². The van der Waals surface area contributed by atoms with Crippen LogP contribution in [0.25, 0.3) is 0 Å². The first-order valence-corrected chi connectivity index (χ1v) is 35.1. The minimum absolute atomic E-state index is 0.196. The van der Waals surface area contributed by atoms with Crippen LogP contribution in [0.3, 0.4) is 0 Å². The van der Waals surface area contributed by atoms with Gasteiger partial charge in [-0.25, -0.2) is 0 Å². The first-order valence-electron chi connectivity index (χ1n) is 35.1. The van der Waals surface area contributed by atoms with Gasteiger partial charge in [-0.05, 0) is 25.7 Å². The van der Waals surface area contributed by atoms with Crippen molar-refractivity contribution in [2.45, 2.75) is 423 Å². The predicted octanol–water partition coefficient (Wildman–Crippen LogP) is 18.1. The SMILES string of the molecule is CCCCCCCCCCCCCCCC(=O)C(O)[C@](O)(C(=O)CCCCCCCCCCCCCCC)[C@@H](O)[C@H](O)[C@@](O)(C(=O)CCCCCCCCCCCCCCC)C(O)C(=O)CCCCCCCCCCCCCCC. The second kappa shape index (κ2) is 55.3. The number of hydrogen-bond donors (Lipinski definition) is 6. The summed E-state index contributed by atoms with van der Waals surface area (Å²) in [6, 6.07) is 0. The van der Waals surface area contributed by atoms with Crippen LogP contribution in [0, 0.1) is 0 Å². The third kappa shape index (κ3) is 38.4. The molecule has 2 unspecified atom stereocenters. The number of Topliss-reactive ketones (excluding diaryl/α,β-unsaturated/α-hetero) is 4. The second-order valence-electron chi connectivity index (χ2n) is 25.1. The molecule has 0 aromatic carbocycles. The average molecular weight is 1140 g/mol. The molecule has 0 bridgehead atoms. The largest absolute Gasteiger partial charge is 0.387 e. The maximum atomic E-state index is 14.3. The molecule has 0 saturated carbocycles. The Balaban J connectivity index is 6.07. The van der Waals surface area contributed by atoms with E-state index < -0.39 is 58.8 Å². The van der Waals surface area contributed by atoms with Crippen LogP contribution >= 0.6 is 0 Å². The smallest absolute Gasteiger partial charge is 0.184 e. The maximum absolute atomic E-state index is 14.3. The molecule has 0 saturated heterocycles. The molecule has 0 amide bonds. The molecule has 0 heterocycles. The third-order valence-electron chi connectivity index (χ3n) is 17.6. The fourth-order valence-electron chi connectivity index (χ4n) is 11.8. The maximum Gasteiger partial charge on any atom is 0.184 e. The van der Waals surface area contributed by atoms with Crippen molar-refractivity contribution in [2.75, 3.05) is 0 Å². The van der Waals surface area contributed by atoms with Crippen LogP contribution in [0.2, 0.25) is 0 Å². The second-order valence-corrected chi connectivity index (χ2v) is 25.1. The predicted molar refractivity (Wildman–Crippen MR) is 335 cm³/mol. The molecule has 10 nitrogen and oxygen atoms in total. The Morgan fingerprint density at radius 2 is 0.375 bits per heavy atom. The number of rotatable bonds is 65. The van der Waals surface area contributed by atoms with Gasteiger partial charge in [-0.2, -0.15) is 0 Å². The lowest BCUT2D eigenvalue weighted by Gasteiger charge is -2.43. The summed E-state index contributed by atoms with van der Waals surface area (Å²) >= 11 is 0. The van der Waals surface area contributed by atoms with Gasteiger partial charge >= 0.3 is 0 Å². The molecule has 6 N–H and O–H groups in total. The van der Waals surface area contributed by atoms with E-state index in [4.69, 9.17) is 0 Å². The van der Waals surface area contributed by atoms with Gasteiger partial charge < -0.3 is 30.6 Å². The molecule has 10 heteroatoms. The summed E-state index contributed by atoms with van der Waals surface area (Å²) < 4.78 is 0. The first kappa shape index (κ1) is 78.4. The van der Waals surface area contributed by atoms with Crippen LogP contribution in [0.1, 0.15) is 387 Å². The zero-order valence-corrected chi connectivity index (χ0v) is 53.2. The van der Waals surface area contributed by atoms with Crippen molar-refractivity contribution in [2.24, 2.45) is 0 Å². The van der Waals surface area contributed by atoms with E-state index in [1.807, 2.05) is 0 Å². The minimum atomic E-state index is -3.33. The number of carbonyl (C=O) groups excluding carboxylic acids is 4. The summed E-state index contributed by atoms with van der Waals surface area (Å²) in [5.41, 5.74) is -6.66. The lowest BCUT2D eigenvalue weighted by Crippen LogP contribution is -2.71. The Morgan fingerprint density at radius 3 is 0.537 bits per heavy atom. The van der Waals surface area contributed by atoms with Gasteiger partial charge in [0, 0.05) is 25.7 Å². The number of ketones is 4. The summed E-state index contributed by atoms with van der Waals surface area (Å²) in [7, 11) is 0. The molecule has 0 rings (SSSR count). The van der Waals surface area contributed by atoms with Gasteiger partial charge in [0.1, 0.15) is 12.2 Å². The quantitative estimate of drug-likeness (QED) is 0.0320. The number of unbranched alkanes of at least 4 members (excludes halogenated alkanes) is 48. The first-order chi connectivity index (χ1) is 38.8. The van der Waals surface area contributed by atoms with Crippen LogP contribution in [0.4, 0.5) is 0 Å². The van der Waals surface area contributed by atoms with E-state index in [0.717, 1.165) is 103 Å². The molecule has 80 heavy (non-hydrogen) atoms. The monoisotopic (exact) mass is 1130 g/mol. The zero-order valence-electron chi connectivity index (χ0n) is 53.2. The lowest BCUT2D eigenvalue weighted by atomic mass is 9.71. The number of aliphatic hydroxyl groups excluding tert-OH is 4. The molecule has 0 aromatic heterocycles. The number of aliphatic hydroxyl groups is 6. The van der Waals surface area contributed by atoms with E-state index in [2.05, 4.69) is 27.7 Å². The van der Waals surface area contributed by atoms with Crippen LogP contribution in [0.15, 0.2) is 0 Å². The van der Waals surface area contributed by atoms with Crippen molar-refractivity contribution in [3.05, 3.63) is 0 Å². The normalized spacial score (nSPS) is 14.9. The molecule has 6 atom stereocenters. The molecule has 0 aliphatic carbocycles. The Kier molecular flexibility index (Phi) is 54.2. The Bertz CT molecular complexity index is 1320. The molecule has 0 spiro atoms. The molecule has 0 aliphatic rings. The molecule has 0 aromatic rings. The van der Waals surface area contributed by atoms with Crippen LogP contribution < -0.4 is 0 Å². The summed E-state index contributed by atoms with van der Waals surface area (Å²) in [6.07, 6.45) is 43.9. The standard InChI is InChI=1S/C70H134O10/c1-5-9-13-17-21-25-29-33-37-41-45-49-53-57-61(71)65(75)69(79,63(73)59-55-51-47-43-39-35-31-27-23-19-15-11-7-3)67(77)68(78)70(80,64(74)60-56-52-48-44-40-36-32-28-24-20-16-12-8-4)66(76)62(72)58-54-50-46-42-38-34-30-26-22-18-14-10-6-2/h65-68,75-80H,5-60H2,1-4H3/t65?,66?,67-,68-,69+,70+/m0/s1. The fourth-order valence-corrected chi connectivity index (χ4v) is 11.8. The summed E-state index contributed by atoms with van der Waals surface area (Å²) in [4.78, 5) is 56.2. The van der Waals surface area contributed by atoms with Crippen molar-refractivity contribution < 1.29 is 49.8 Å². The molecule has 0 fully saturated rings. The molecule has 0 aliphatic heterocycles. The van der Waals surface area contributed by atoms with Gasteiger partial charge in [-0.15, -0.1) is 0 Å². The van der Waals surface area contributed by atoms with Crippen LogP contribution in [-0.4, -0.2) is 89.4 Å². The number of carbonyl (C=O) groups is 4. The van der Waals surface area contributed by atoms with Crippen LogP contribution in [-0.2, 0) is 19.2 Å². The number of hydrogen-bond acceptors (Lipinski definition) is 10. The van der Waals surface area contributed by atoms with Crippen LogP contribution in [0.5, 0.6) is 0 Å². The Morgan fingerprint density at radius 1 is 0.237 bits per heavy atom. The van der Waals surface area contributed by atoms with Gasteiger partial charge in [0.25, 0.3) is 0 Å². The van der Waals surface area contributed by atoms with E-state index >= 15 is 0 Å². The van der Waals surface area contributed by atoms with Crippen molar-refractivity contribution >= 4 is 23.1 Å². The Labute approximate surface area is 493 Å². The molecular formula is C70H134O10. The van der Waals surface area contributed by atoms with Gasteiger partial charge in [0.05, 0.1) is 0 Å². The van der Waals surface area contributed by atoms with Gasteiger partial charge in [-0.3, -0.25) is 19.2 Å². The highest BCUT2D eigenvalue weighted by atomic mass is 16.4. The van der Waals surface area contributed by atoms with Gasteiger partial charge in [0.15, 0.2) is 46.5 Å². The van der Waals surface area contributed by atoms with Gasteiger partial charge in [-0.1, -0.05) is 336 Å². The zero-order chi connectivity index (χ0) is 59.2. The van der Waals surface area contributed by atoms with Crippen molar-refractivity contribution in [3.8, 4) is 0 Å². The summed E-state index contributed by atoms with van der Waals surface area (Å²) in [5.74, 6) is -4.00. The lowest BCUT2D eigenvalue weighted by molar-refractivity contribution is -0.225. The van der Waals surface area contributed by atoms with E-state index in [1.54, 1.807) is 0 Å². The molecular weight excluding hydrogens is 1000 g/mol. The van der Waals surface area contributed by atoms with Crippen molar-refractivity contribution in [1.29, 1.82) is 0 Å². The van der Waals surface area contributed by atoms with E-state index in [0.29, 0.717) is 38.5 Å². The topological polar surface area (TPSA) is 190 Å². The highest BCUT2D eigenvalue weighted by Crippen LogP contribution is 2.33. The average Bonchev–Trinajstić information content (AvgIpc) is 3.66. The van der Waals surface area contributed by atoms with E-state index in [1.165, 1.54) is 180 Å². The summed E-state index contributed by atoms with van der Waals surface area (Å²) in [5, 5.41) is 72.2. The summed E-state index contributed by atoms with van der Waals surface area (Å²) in [6.45, 7) is 8.90. The fraction of sp³-hybridized carbons (Fsp3) is 0.943. The highest BCUT2D eigenvalue weighted by Gasteiger charge is 2.62. The Hall–Kier alpha value is -1.56.